The molecule has 0 unspecified atom stereocenters. The van der Waals surface area contributed by atoms with Crippen LogP contribution in [0.3, 0.4) is 0 Å². The van der Waals surface area contributed by atoms with E-state index in [2.05, 4.69) is 19.2 Å². The van der Waals surface area contributed by atoms with Gasteiger partial charge < -0.3 is 10.1 Å². The summed E-state index contributed by atoms with van der Waals surface area (Å²) < 4.78 is 5.46. The first-order valence-electron chi connectivity index (χ1n) is 7.35. The van der Waals surface area contributed by atoms with Crippen LogP contribution < -0.4 is 10.1 Å². The third kappa shape index (κ3) is 4.63. The smallest absolute Gasteiger partial charge is 0.262 e. The van der Waals surface area contributed by atoms with Crippen LogP contribution in [0.1, 0.15) is 30.9 Å². The third-order valence-corrected chi connectivity index (χ3v) is 3.99. The predicted molar refractivity (Wildman–Crippen MR) is 95.9 cm³/mol. The predicted octanol–water partition coefficient (Wildman–Crippen LogP) is 5.44. The third-order valence-electron chi connectivity index (χ3n) is 3.44. The molecule has 122 valence electrons. The van der Waals surface area contributed by atoms with E-state index in [1.807, 2.05) is 25.1 Å². The number of carbonyl (C=O) groups excluding carboxylic acids is 1. The topological polar surface area (TPSA) is 38.3 Å². The highest BCUT2D eigenvalue weighted by atomic mass is 35.5. The maximum Gasteiger partial charge on any atom is 0.262 e. The lowest BCUT2D eigenvalue weighted by Gasteiger charge is -2.16. The monoisotopic (exact) mass is 351 g/mol. The van der Waals surface area contributed by atoms with E-state index in [-0.39, 0.29) is 12.5 Å². The number of rotatable bonds is 5. The minimum absolute atomic E-state index is 0.133. The van der Waals surface area contributed by atoms with E-state index in [0.29, 0.717) is 21.7 Å². The van der Waals surface area contributed by atoms with Crippen LogP contribution in [0.15, 0.2) is 36.4 Å². The van der Waals surface area contributed by atoms with Crippen molar-refractivity contribution in [1.82, 2.24) is 0 Å². The lowest BCUT2D eigenvalue weighted by molar-refractivity contribution is -0.118. The highest BCUT2D eigenvalue weighted by Gasteiger charge is 2.13. The van der Waals surface area contributed by atoms with Gasteiger partial charge in [0.2, 0.25) is 0 Å². The number of aryl methyl sites for hydroxylation is 1. The number of hydrogen-bond donors (Lipinski definition) is 1. The molecular formula is C18H19Cl2NO2. The lowest BCUT2D eigenvalue weighted by Crippen LogP contribution is -2.21. The Labute approximate surface area is 146 Å². The van der Waals surface area contributed by atoms with Crippen molar-refractivity contribution in [2.45, 2.75) is 26.7 Å². The van der Waals surface area contributed by atoms with E-state index in [1.54, 1.807) is 18.2 Å². The number of nitrogens with one attached hydrogen (secondary N) is 1. The Morgan fingerprint density at radius 2 is 1.96 bits per heavy atom. The van der Waals surface area contributed by atoms with Gasteiger partial charge in [0.1, 0.15) is 5.75 Å². The van der Waals surface area contributed by atoms with Crippen molar-refractivity contribution in [2.75, 3.05) is 11.9 Å². The average molecular weight is 352 g/mol. The highest BCUT2D eigenvalue weighted by Crippen LogP contribution is 2.29. The molecule has 2 aromatic rings. The molecule has 2 aromatic carbocycles. The van der Waals surface area contributed by atoms with E-state index in [0.717, 1.165) is 16.8 Å². The molecule has 1 N–H and O–H groups in total. The molecule has 23 heavy (non-hydrogen) atoms. The highest BCUT2D eigenvalue weighted by molar-refractivity contribution is 6.34. The summed E-state index contributed by atoms with van der Waals surface area (Å²) >= 11 is 11.9. The Kier molecular flexibility index (Phi) is 5.91. The molecule has 0 fully saturated rings. The zero-order chi connectivity index (χ0) is 17.0. The van der Waals surface area contributed by atoms with Crippen LogP contribution in [-0.4, -0.2) is 12.5 Å². The largest absolute Gasteiger partial charge is 0.482 e. The maximum atomic E-state index is 12.2. The van der Waals surface area contributed by atoms with Crippen LogP contribution in [0.2, 0.25) is 10.0 Å². The van der Waals surface area contributed by atoms with E-state index in [1.165, 1.54) is 0 Å². The Morgan fingerprint density at radius 3 is 2.65 bits per heavy atom. The molecule has 0 spiro atoms. The normalized spacial score (nSPS) is 10.7. The summed E-state index contributed by atoms with van der Waals surface area (Å²) in [6.07, 6.45) is 0. The number of anilines is 1. The standard InChI is InChI=1S/C18H19Cl2NO2/c1-11(2)14-6-4-5-12(3)18(14)21-17(22)10-23-16-9-13(19)7-8-15(16)20/h4-9,11H,10H2,1-3H3,(H,21,22). The van der Waals surface area contributed by atoms with Crippen LogP contribution in [0.25, 0.3) is 0 Å². The molecule has 1 amide bonds. The molecule has 0 aliphatic heterocycles. The van der Waals surface area contributed by atoms with Crippen LogP contribution >= 0.6 is 23.2 Å². The number of ether oxygens (including phenoxy) is 1. The van der Waals surface area contributed by atoms with Gasteiger partial charge in [-0.2, -0.15) is 0 Å². The molecule has 0 aromatic heterocycles. The van der Waals surface area contributed by atoms with Crippen molar-refractivity contribution in [1.29, 1.82) is 0 Å². The number of benzene rings is 2. The van der Waals surface area contributed by atoms with Crippen molar-refractivity contribution < 1.29 is 9.53 Å². The number of amides is 1. The second-order valence-corrected chi connectivity index (χ2v) is 6.45. The average Bonchev–Trinajstić information content (AvgIpc) is 2.50. The van der Waals surface area contributed by atoms with Gasteiger partial charge in [-0.05, 0) is 36.1 Å². The van der Waals surface area contributed by atoms with E-state index in [4.69, 9.17) is 27.9 Å². The van der Waals surface area contributed by atoms with Crippen LogP contribution in [0.4, 0.5) is 5.69 Å². The van der Waals surface area contributed by atoms with Gasteiger partial charge in [-0.3, -0.25) is 4.79 Å². The van der Waals surface area contributed by atoms with Gasteiger partial charge >= 0.3 is 0 Å². The van der Waals surface area contributed by atoms with Gasteiger partial charge in [-0.25, -0.2) is 0 Å². The molecule has 0 aliphatic carbocycles. The summed E-state index contributed by atoms with van der Waals surface area (Å²) in [6.45, 7) is 6.02. The SMILES string of the molecule is Cc1cccc(C(C)C)c1NC(=O)COc1cc(Cl)ccc1Cl. The van der Waals surface area contributed by atoms with Crippen molar-refractivity contribution >= 4 is 34.8 Å². The minimum atomic E-state index is -0.239. The quantitative estimate of drug-likeness (QED) is 0.778. The zero-order valence-electron chi connectivity index (χ0n) is 13.3. The fraction of sp³-hybridized carbons (Fsp3) is 0.278. The van der Waals surface area contributed by atoms with Crippen molar-refractivity contribution in [2.24, 2.45) is 0 Å². The Bertz CT molecular complexity index is 714. The van der Waals surface area contributed by atoms with Crippen molar-refractivity contribution in [3.05, 3.63) is 57.6 Å². The molecule has 0 atom stereocenters. The molecule has 5 heteroatoms. The summed E-state index contributed by atoms with van der Waals surface area (Å²) in [7, 11) is 0. The number of halogens is 2. The molecule has 2 rings (SSSR count). The summed E-state index contributed by atoms with van der Waals surface area (Å²) in [5.41, 5.74) is 2.96. The Balaban J connectivity index is 2.07. The summed E-state index contributed by atoms with van der Waals surface area (Å²) in [5, 5.41) is 3.85. The van der Waals surface area contributed by atoms with Crippen LogP contribution in [-0.2, 0) is 4.79 Å². The number of hydrogen-bond acceptors (Lipinski definition) is 2. The zero-order valence-corrected chi connectivity index (χ0v) is 14.8. The van der Waals surface area contributed by atoms with Gasteiger partial charge in [0.25, 0.3) is 5.91 Å². The minimum Gasteiger partial charge on any atom is -0.482 e. The molecular weight excluding hydrogens is 333 g/mol. The first-order chi connectivity index (χ1) is 10.9. The molecule has 0 radical (unpaired) electrons. The second kappa shape index (κ2) is 7.71. The van der Waals surface area contributed by atoms with E-state index < -0.39 is 0 Å². The molecule has 0 bridgehead atoms. The Hall–Kier alpha value is -1.71. The van der Waals surface area contributed by atoms with Crippen LogP contribution in [0, 0.1) is 6.92 Å². The number of para-hydroxylation sites is 1. The van der Waals surface area contributed by atoms with Gasteiger partial charge in [0.05, 0.1) is 5.02 Å². The molecule has 0 aliphatic rings. The fourth-order valence-corrected chi connectivity index (χ4v) is 2.58. The fourth-order valence-electron chi connectivity index (χ4n) is 2.25. The molecule has 0 saturated carbocycles. The summed E-state index contributed by atoms with van der Waals surface area (Å²) in [5.74, 6) is 0.467. The molecule has 0 heterocycles. The lowest BCUT2D eigenvalue weighted by atomic mass is 9.98. The van der Waals surface area contributed by atoms with Gasteiger partial charge in [-0.15, -0.1) is 0 Å². The van der Waals surface area contributed by atoms with E-state index in [9.17, 15) is 4.79 Å². The van der Waals surface area contributed by atoms with Gasteiger partial charge in [0, 0.05) is 16.8 Å². The van der Waals surface area contributed by atoms with Gasteiger partial charge in [-0.1, -0.05) is 55.2 Å². The maximum absolute atomic E-state index is 12.2. The van der Waals surface area contributed by atoms with Crippen molar-refractivity contribution in [3.63, 3.8) is 0 Å². The first-order valence-corrected chi connectivity index (χ1v) is 8.11. The van der Waals surface area contributed by atoms with Crippen LogP contribution in [0.5, 0.6) is 5.75 Å². The van der Waals surface area contributed by atoms with Crippen molar-refractivity contribution in [3.8, 4) is 5.75 Å². The first kappa shape index (κ1) is 17.6. The molecule has 0 saturated heterocycles. The summed E-state index contributed by atoms with van der Waals surface area (Å²) in [4.78, 5) is 12.2. The Morgan fingerprint density at radius 1 is 1.22 bits per heavy atom. The molecule has 3 nitrogen and oxygen atoms in total. The second-order valence-electron chi connectivity index (χ2n) is 5.61. The number of carbonyl (C=O) groups is 1. The van der Waals surface area contributed by atoms with E-state index >= 15 is 0 Å². The summed E-state index contributed by atoms with van der Waals surface area (Å²) in [6, 6.07) is 10.9. The van der Waals surface area contributed by atoms with Gasteiger partial charge in [0.15, 0.2) is 6.61 Å².